The van der Waals surface area contributed by atoms with E-state index in [2.05, 4.69) is 5.32 Å². The second-order valence-electron chi connectivity index (χ2n) is 5.20. The fourth-order valence-electron chi connectivity index (χ4n) is 2.49. The Kier molecular flexibility index (Phi) is 3.88. The summed E-state index contributed by atoms with van der Waals surface area (Å²) in [5, 5.41) is 3.14. The topological polar surface area (TPSA) is 66.5 Å². The lowest BCUT2D eigenvalue weighted by atomic mass is 10.1. The van der Waals surface area contributed by atoms with Crippen molar-refractivity contribution in [3.63, 3.8) is 0 Å². The van der Waals surface area contributed by atoms with Crippen molar-refractivity contribution in [2.75, 3.05) is 5.32 Å². The van der Waals surface area contributed by atoms with Gasteiger partial charge >= 0.3 is 0 Å². The van der Waals surface area contributed by atoms with E-state index in [1.807, 2.05) is 0 Å². The van der Waals surface area contributed by atoms with Gasteiger partial charge in [-0.3, -0.25) is 19.3 Å². The van der Waals surface area contributed by atoms with Crippen LogP contribution in [-0.2, 0) is 4.79 Å². The maximum atomic E-state index is 12.4. The molecule has 2 aromatic carbocycles. The van der Waals surface area contributed by atoms with Crippen LogP contribution in [0.25, 0.3) is 0 Å². The van der Waals surface area contributed by atoms with Gasteiger partial charge in [-0.1, -0.05) is 29.8 Å². The smallest absolute Gasteiger partial charge is 0.262 e. The van der Waals surface area contributed by atoms with E-state index in [0.29, 0.717) is 21.8 Å². The third-order valence-electron chi connectivity index (χ3n) is 3.68. The van der Waals surface area contributed by atoms with Crippen molar-refractivity contribution in [2.24, 2.45) is 0 Å². The Morgan fingerprint density at radius 2 is 1.65 bits per heavy atom. The van der Waals surface area contributed by atoms with Crippen molar-refractivity contribution in [1.82, 2.24) is 4.90 Å². The van der Waals surface area contributed by atoms with E-state index in [-0.39, 0.29) is 0 Å². The summed E-state index contributed by atoms with van der Waals surface area (Å²) in [4.78, 5) is 38.1. The van der Waals surface area contributed by atoms with E-state index in [1.54, 1.807) is 48.5 Å². The minimum Gasteiger partial charge on any atom is -0.324 e. The minimum absolute atomic E-state index is 0.319. The first-order valence-electron chi connectivity index (χ1n) is 7.02. The summed E-state index contributed by atoms with van der Waals surface area (Å²) in [5.41, 5.74) is 1.14. The first-order chi connectivity index (χ1) is 11.0. The monoisotopic (exact) mass is 328 g/mol. The minimum atomic E-state index is -0.929. The quantitative estimate of drug-likeness (QED) is 0.881. The Balaban J connectivity index is 1.81. The third kappa shape index (κ3) is 2.71. The van der Waals surface area contributed by atoms with E-state index in [9.17, 15) is 14.4 Å². The highest BCUT2D eigenvalue weighted by Crippen LogP contribution is 2.25. The van der Waals surface area contributed by atoms with Gasteiger partial charge < -0.3 is 5.32 Å². The SMILES string of the molecule is C[C@H](C(=O)Nc1cccc(Cl)c1)N1C(=O)c2ccccc2C1=O. The van der Waals surface area contributed by atoms with Gasteiger partial charge in [-0.2, -0.15) is 0 Å². The summed E-state index contributed by atoms with van der Waals surface area (Å²) in [6.07, 6.45) is 0. The molecule has 6 heteroatoms. The number of nitrogens with zero attached hydrogens (tertiary/aromatic N) is 1. The second kappa shape index (κ2) is 5.85. The summed E-state index contributed by atoms with van der Waals surface area (Å²) >= 11 is 5.87. The van der Waals surface area contributed by atoms with Crippen molar-refractivity contribution < 1.29 is 14.4 Å². The molecule has 0 radical (unpaired) electrons. The molecule has 2 aromatic rings. The summed E-state index contributed by atoms with van der Waals surface area (Å²) in [7, 11) is 0. The number of amides is 3. The Labute approximate surface area is 137 Å². The van der Waals surface area contributed by atoms with E-state index in [1.165, 1.54) is 6.92 Å². The molecule has 1 atom stereocenters. The highest BCUT2D eigenvalue weighted by atomic mass is 35.5. The lowest BCUT2D eigenvalue weighted by Gasteiger charge is -2.21. The zero-order valence-corrected chi connectivity index (χ0v) is 13.0. The van der Waals surface area contributed by atoms with Crippen LogP contribution in [0.5, 0.6) is 0 Å². The predicted octanol–water partition coefficient (Wildman–Crippen LogP) is 2.96. The normalized spacial score (nSPS) is 14.6. The van der Waals surface area contributed by atoms with Crippen LogP contribution >= 0.6 is 11.6 Å². The molecule has 23 heavy (non-hydrogen) atoms. The molecule has 3 amide bonds. The number of benzene rings is 2. The molecule has 3 rings (SSSR count). The molecule has 5 nitrogen and oxygen atoms in total. The molecule has 1 N–H and O–H groups in total. The number of carbonyl (C=O) groups is 3. The average Bonchev–Trinajstić information content (AvgIpc) is 2.79. The number of nitrogens with one attached hydrogen (secondary N) is 1. The van der Waals surface area contributed by atoms with Crippen LogP contribution in [-0.4, -0.2) is 28.7 Å². The number of rotatable bonds is 3. The second-order valence-corrected chi connectivity index (χ2v) is 5.64. The highest BCUT2D eigenvalue weighted by Gasteiger charge is 2.40. The van der Waals surface area contributed by atoms with Crippen molar-refractivity contribution in [3.8, 4) is 0 Å². The first kappa shape index (κ1) is 15.2. The van der Waals surface area contributed by atoms with Crippen LogP contribution in [0.4, 0.5) is 5.69 Å². The molecule has 0 aliphatic carbocycles. The number of hydrogen-bond donors (Lipinski definition) is 1. The first-order valence-corrected chi connectivity index (χ1v) is 7.40. The number of anilines is 1. The standard InChI is InChI=1S/C17H13ClN2O3/c1-10(15(21)19-12-6-4-5-11(18)9-12)20-16(22)13-7-2-3-8-14(13)17(20)23/h2-10H,1H3,(H,19,21)/t10-/m1/s1. The maximum absolute atomic E-state index is 12.4. The molecule has 0 aromatic heterocycles. The fraction of sp³-hybridized carbons (Fsp3) is 0.118. The third-order valence-corrected chi connectivity index (χ3v) is 3.92. The molecule has 1 heterocycles. The average molecular weight is 329 g/mol. The number of carbonyl (C=O) groups excluding carboxylic acids is 3. The molecule has 0 saturated heterocycles. The summed E-state index contributed by atoms with van der Waals surface area (Å²) in [6, 6.07) is 12.3. The molecule has 1 aliphatic rings. The maximum Gasteiger partial charge on any atom is 0.262 e. The molecule has 0 saturated carbocycles. The van der Waals surface area contributed by atoms with Crippen molar-refractivity contribution >= 4 is 35.0 Å². The van der Waals surface area contributed by atoms with Gasteiger partial charge in [0.1, 0.15) is 6.04 Å². The van der Waals surface area contributed by atoms with Gasteiger partial charge in [-0.05, 0) is 37.3 Å². The Morgan fingerprint density at radius 3 is 2.22 bits per heavy atom. The number of imide groups is 1. The van der Waals surface area contributed by atoms with Crippen LogP contribution in [0.15, 0.2) is 48.5 Å². The Bertz CT molecular complexity index is 784. The van der Waals surface area contributed by atoms with Crippen LogP contribution in [0.3, 0.4) is 0 Å². The van der Waals surface area contributed by atoms with Crippen LogP contribution in [0.2, 0.25) is 5.02 Å². The predicted molar refractivity (Wildman–Crippen MR) is 86.5 cm³/mol. The van der Waals surface area contributed by atoms with Gasteiger partial charge in [0, 0.05) is 10.7 Å². The number of fused-ring (bicyclic) bond motifs is 1. The van der Waals surface area contributed by atoms with E-state index in [0.717, 1.165) is 4.90 Å². The molecule has 1 aliphatic heterocycles. The Hall–Kier alpha value is -2.66. The highest BCUT2D eigenvalue weighted by molar-refractivity contribution is 6.31. The fourth-order valence-corrected chi connectivity index (χ4v) is 2.68. The molecule has 0 spiro atoms. The van der Waals surface area contributed by atoms with Crippen LogP contribution < -0.4 is 5.32 Å². The molecule has 116 valence electrons. The van der Waals surface area contributed by atoms with Gasteiger partial charge in [0.05, 0.1) is 11.1 Å². The summed E-state index contributed by atoms with van der Waals surface area (Å²) < 4.78 is 0. The Morgan fingerprint density at radius 1 is 1.04 bits per heavy atom. The van der Waals surface area contributed by atoms with Crippen molar-refractivity contribution in [1.29, 1.82) is 0 Å². The number of halogens is 1. The molecular formula is C17H13ClN2O3. The van der Waals surface area contributed by atoms with E-state index >= 15 is 0 Å². The lowest BCUT2D eigenvalue weighted by molar-refractivity contribution is -0.119. The van der Waals surface area contributed by atoms with E-state index in [4.69, 9.17) is 11.6 Å². The summed E-state index contributed by atoms with van der Waals surface area (Å²) in [6.45, 7) is 1.52. The molecular weight excluding hydrogens is 316 g/mol. The molecule has 0 fully saturated rings. The summed E-state index contributed by atoms with van der Waals surface area (Å²) in [5.74, 6) is -1.37. The van der Waals surface area contributed by atoms with Gasteiger partial charge in [0.25, 0.3) is 11.8 Å². The zero-order valence-electron chi connectivity index (χ0n) is 12.2. The van der Waals surface area contributed by atoms with E-state index < -0.39 is 23.8 Å². The van der Waals surface area contributed by atoms with Crippen LogP contribution in [0.1, 0.15) is 27.6 Å². The molecule has 0 bridgehead atoms. The zero-order chi connectivity index (χ0) is 16.6. The van der Waals surface area contributed by atoms with Crippen LogP contribution in [0, 0.1) is 0 Å². The van der Waals surface area contributed by atoms with Crippen molar-refractivity contribution in [2.45, 2.75) is 13.0 Å². The number of hydrogen-bond acceptors (Lipinski definition) is 3. The van der Waals surface area contributed by atoms with Crippen molar-refractivity contribution in [3.05, 3.63) is 64.7 Å². The lowest BCUT2D eigenvalue weighted by Crippen LogP contribution is -2.45. The van der Waals surface area contributed by atoms with Gasteiger partial charge in [0.15, 0.2) is 0 Å². The van der Waals surface area contributed by atoms with Gasteiger partial charge in [-0.15, -0.1) is 0 Å². The molecule has 0 unspecified atom stereocenters. The van der Waals surface area contributed by atoms with Gasteiger partial charge in [-0.25, -0.2) is 0 Å². The van der Waals surface area contributed by atoms with Gasteiger partial charge in [0.2, 0.25) is 5.91 Å². The largest absolute Gasteiger partial charge is 0.324 e.